The van der Waals surface area contributed by atoms with Crippen molar-refractivity contribution >= 4 is 17.7 Å². The number of nitrogens with zero attached hydrogens (tertiary/aromatic N) is 4. The molecule has 0 spiro atoms. The molecule has 1 unspecified atom stereocenters. The molecule has 1 saturated heterocycles. The van der Waals surface area contributed by atoms with Gasteiger partial charge in [0, 0.05) is 37.9 Å². The van der Waals surface area contributed by atoms with Crippen LogP contribution in [0.5, 0.6) is 0 Å². The molecule has 4 rings (SSSR count). The monoisotopic (exact) mass is 364 g/mol. The average Bonchev–Trinajstić information content (AvgIpc) is 3.02. The van der Waals surface area contributed by atoms with Crippen LogP contribution in [0.2, 0.25) is 0 Å². The lowest BCUT2D eigenvalue weighted by molar-refractivity contribution is 0.0382. The van der Waals surface area contributed by atoms with Gasteiger partial charge in [-0.25, -0.2) is 4.68 Å². The zero-order chi connectivity index (χ0) is 17.1. The Morgan fingerprint density at radius 1 is 1.36 bits per heavy atom. The van der Waals surface area contributed by atoms with Crippen LogP contribution in [0.25, 0.3) is 0 Å². The van der Waals surface area contributed by atoms with Crippen LogP contribution in [0.3, 0.4) is 0 Å². The number of thioether (sulfide) groups is 1. The van der Waals surface area contributed by atoms with Crippen LogP contribution in [0.4, 0.5) is 5.95 Å². The van der Waals surface area contributed by atoms with E-state index in [2.05, 4.69) is 32.5 Å². The van der Waals surface area contributed by atoms with Crippen molar-refractivity contribution in [2.45, 2.75) is 43.9 Å². The zero-order valence-electron chi connectivity index (χ0n) is 15.0. The summed E-state index contributed by atoms with van der Waals surface area (Å²) in [7, 11) is 0. The Morgan fingerprint density at radius 3 is 3.08 bits per heavy atom. The van der Waals surface area contributed by atoms with Crippen LogP contribution >= 0.6 is 11.8 Å². The molecule has 1 aromatic rings. The smallest absolute Gasteiger partial charge is 0.226 e. The molecule has 1 aromatic heterocycles. The van der Waals surface area contributed by atoms with E-state index in [1.165, 1.54) is 30.5 Å². The van der Waals surface area contributed by atoms with Gasteiger partial charge in [0.1, 0.15) is 0 Å². The number of aromatic nitrogens is 3. The number of rotatable bonds is 6. The molecule has 3 aliphatic rings. The molecule has 8 heteroatoms. The van der Waals surface area contributed by atoms with Crippen LogP contribution in [0.1, 0.15) is 26.2 Å². The van der Waals surface area contributed by atoms with E-state index in [1.54, 1.807) is 11.8 Å². The van der Waals surface area contributed by atoms with Crippen molar-refractivity contribution in [1.82, 2.24) is 25.0 Å². The maximum Gasteiger partial charge on any atom is 0.226 e. The number of anilines is 1. The molecule has 25 heavy (non-hydrogen) atoms. The van der Waals surface area contributed by atoms with E-state index < -0.39 is 0 Å². The van der Waals surface area contributed by atoms with Crippen LogP contribution in [-0.2, 0) is 11.3 Å². The first-order valence-electron chi connectivity index (χ1n) is 9.43. The van der Waals surface area contributed by atoms with Crippen LogP contribution < -0.4 is 10.6 Å². The summed E-state index contributed by atoms with van der Waals surface area (Å²) in [6, 6.07) is 0.414. The number of fused-ring (bicyclic) bond motifs is 1. The van der Waals surface area contributed by atoms with E-state index in [9.17, 15) is 0 Å². The lowest BCUT2D eigenvalue weighted by atomic mass is 9.91. The molecular formula is C17H28N6OS. The summed E-state index contributed by atoms with van der Waals surface area (Å²) in [5.74, 6) is 1.90. The number of ether oxygens (including phenoxy) is 1. The van der Waals surface area contributed by atoms with E-state index in [0.29, 0.717) is 6.04 Å². The molecule has 0 bridgehead atoms. The number of hydrogen-bond acceptors (Lipinski definition) is 7. The Labute approximate surface area is 153 Å². The third kappa shape index (κ3) is 4.02. The van der Waals surface area contributed by atoms with Gasteiger partial charge in [0.15, 0.2) is 0 Å². The van der Waals surface area contributed by atoms with Crippen LogP contribution in [-0.4, -0.2) is 70.9 Å². The molecule has 0 saturated carbocycles. The molecule has 1 aliphatic carbocycles. The minimum Gasteiger partial charge on any atom is -0.379 e. The van der Waals surface area contributed by atoms with Gasteiger partial charge in [-0.05, 0) is 30.6 Å². The molecule has 7 nitrogen and oxygen atoms in total. The summed E-state index contributed by atoms with van der Waals surface area (Å²) < 4.78 is 7.44. The van der Waals surface area contributed by atoms with Gasteiger partial charge in [-0.15, -0.1) is 5.10 Å². The molecule has 0 radical (unpaired) electrons. The van der Waals surface area contributed by atoms with Gasteiger partial charge in [-0.3, -0.25) is 4.90 Å². The standard InChI is InChI=1S/C17H28N6OS/c1-2-25-17-20-16-19-15-13(12-23(16)21-17)4-3-5-14(15)18-6-7-22-8-10-24-11-9-22/h14,18H,2-12H2,1H3,(H,19,20,21). The van der Waals surface area contributed by atoms with Crippen molar-refractivity contribution in [3.05, 3.63) is 11.3 Å². The first-order chi connectivity index (χ1) is 12.3. The summed E-state index contributed by atoms with van der Waals surface area (Å²) in [6.07, 6.45) is 3.61. The summed E-state index contributed by atoms with van der Waals surface area (Å²) in [5.41, 5.74) is 2.83. The first kappa shape index (κ1) is 17.3. The Bertz CT molecular complexity index is 625. The van der Waals surface area contributed by atoms with Crippen LogP contribution in [0.15, 0.2) is 16.4 Å². The Morgan fingerprint density at radius 2 is 2.24 bits per heavy atom. The van der Waals surface area contributed by atoms with Gasteiger partial charge in [-0.2, -0.15) is 4.98 Å². The predicted octanol–water partition coefficient (Wildman–Crippen LogP) is 1.54. The molecular weight excluding hydrogens is 336 g/mol. The highest BCUT2D eigenvalue weighted by Gasteiger charge is 2.29. The van der Waals surface area contributed by atoms with Gasteiger partial charge >= 0.3 is 0 Å². The van der Waals surface area contributed by atoms with Gasteiger partial charge in [0.05, 0.1) is 19.8 Å². The largest absolute Gasteiger partial charge is 0.379 e. The lowest BCUT2D eigenvalue weighted by Gasteiger charge is -2.34. The fraction of sp³-hybridized carbons (Fsp3) is 0.765. The van der Waals surface area contributed by atoms with Crippen molar-refractivity contribution in [2.75, 3.05) is 50.5 Å². The van der Waals surface area contributed by atoms with Crippen molar-refractivity contribution in [1.29, 1.82) is 0 Å². The molecule has 0 amide bonds. The number of morpholine rings is 1. The van der Waals surface area contributed by atoms with Crippen molar-refractivity contribution in [3.63, 3.8) is 0 Å². The highest BCUT2D eigenvalue weighted by atomic mass is 32.2. The summed E-state index contributed by atoms with van der Waals surface area (Å²) >= 11 is 1.70. The minimum absolute atomic E-state index is 0.414. The highest BCUT2D eigenvalue weighted by Crippen LogP contribution is 2.32. The molecule has 3 heterocycles. The van der Waals surface area contributed by atoms with Crippen molar-refractivity contribution in [2.24, 2.45) is 0 Å². The Kier molecular flexibility index (Phi) is 5.60. The second-order valence-corrected chi connectivity index (χ2v) is 8.04. The summed E-state index contributed by atoms with van der Waals surface area (Å²) in [6.45, 7) is 8.98. The van der Waals surface area contributed by atoms with Gasteiger partial charge < -0.3 is 15.4 Å². The third-order valence-corrected chi connectivity index (χ3v) is 5.86. The molecule has 0 aromatic carbocycles. The van der Waals surface area contributed by atoms with E-state index in [0.717, 1.165) is 62.8 Å². The second-order valence-electron chi connectivity index (χ2n) is 6.80. The maximum absolute atomic E-state index is 5.42. The Hall–Kier alpha value is -1.09. The molecule has 138 valence electrons. The second kappa shape index (κ2) is 8.07. The normalized spacial score (nSPS) is 24.0. The predicted molar refractivity (Wildman–Crippen MR) is 100.0 cm³/mol. The number of allylic oxidation sites excluding steroid dienone is 1. The topological polar surface area (TPSA) is 67.2 Å². The fourth-order valence-electron chi connectivity index (χ4n) is 3.83. The van der Waals surface area contributed by atoms with Crippen molar-refractivity contribution < 1.29 is 4.74 Å². The molecule has 1 atom stereocenters. The van der Waals surface area contributed by atoms with E-state index in [-0.39, 0.29) is 0 Å². The third-order valence-electron chi connectivity index (χ3n) is 5.14. The minimum atomic E-state index is 0.414. The van der Waals surface area contributed by atoms with Gasteiger partial charge in [0.25, 0.3) is 0 Å². The molecule has 2 N–H and O–H groups in total. The van der Waals surface area contributed by atoms with E-state index >= 15 is 0 Å². The van der Waals surface area contributed by atoms with Gasteiger partial charge in [-0.1, -0.05) is 18.7 Å². The number of nitrogens with one attached hydrogen (secondary N) is 2. The summed E-state index contributed by atoms with van der Waals surface area (Å²) in [4.78, 5) is 7.12. The van der Waals surface area contributed by atoms with Crippen molar-refractivity contribution in [3.8, 4) is 0 Å². The number of hydrogen-bond donors (Lipinski definition) is 2. The van der Waals surface area contributed by atoms with E-state index in [4.69, 9.17) is 4.74 Å². The molecule has 1 fully saturated rings. The Balaban J connectivity index is 1.36. The first-order valence-corrected chi connectivity index (χ1v) is 10.4. The highest BCUT2D eigenvalue weighted by molar-refractivity contribution is 7.99. The maximum atomic E-state index is 5.42. The van der Waals surface area contributed by atoms with E-state index in [1.807, 2.05) is 4.68 Å². The van der Waals surface area contributed by atoms with Crippen LogP contribution in [0, 0.1) is 0 Å². The average molecular weight is 365 g/mol. The fourth-order valence-corrected chi connectivity index (χ4v) is 4.39. The SMILES string of the molecule is CCSc1nc2n(n1)CC1=C(N2)C(NCCN2CCOCC2)CCC1. The summed E-state index contributed by atoms with van der Waals surface area (Å²) in [5, 5.41) is 12.8. The zero-order valence-corrected chi connectivity index (χ0v) is 15.8. The van der Waals surface area contributed by atoms with Gasteiger partial charge in [0.2, 0.25) is 11.1 Å². The lowest BCUT2D eigenvalue weighted by Crippen LogP contribution is -2.45. The molecule has 2 aliphatic heterocycles. The quantitative estimate of drug-likeness (QED) is 0.742.